The Kier molecular flexibility index (Phi) is 4.59. The van der Waals surface area contributed by atoms with Gasteiger partial charge in [-0.1, -0.05) is 23.7 Å². The van der Waals surface area contributed by atoms with E-state index in [-0.39, 0.29) is 11.8 Å². The van der Waals surface area contributed by atoms with Gasteiger partial charge in [0.05, 0.1) is 0 Å². The molecule has 2 aromatic carbocycles. The number of fused-ring (bicyclic) bond motifs is 1. The predicted molar refractivity (Wildman–Crippen MR) is 98.1 cm³/mol. The molecule has 0 unspecified atom stereocenters. The van der Waals surface area contributed by atoms with Crippen LogP contribution in [0.1, 0.15) is 39.0 Å². The van der Waals surface area contributed by atoms with Crippen LogP contribution < -0.4 is 11.5 Å². The van der Waals surface area contributed by atoms with Crippen molar-refractivity contribution in [2.45, 2.75) is 19.8 Å². The van der Waals surface area contributed by atoms with Crippen molar-refractivity contribution in [3.8, 4) is 0 Å². The summed E-state index contributed by atoms with van der Waals surface area (Å²) in [5.41, 5.74) is 14.5. The molecule has 3 rings (SSSR count). The maximum Gasteiger partial charge on any atom is 0.280 e. The lowest BCUT2D eigenvalue weighted by atomic mass is 9.85. The zero-order chi connectivity index (χ0) is 18.1. The molecular weight excluding hydrogens is 341 g/mol. The third-order valence-electron chi connectivity index (χ3n) is 4.18. The van der Waals surface area contributed by atoms with Gasteiger partial charge in [0, 0.05) is 16.1 Å². The Morgan fingerprint density at radius 3 is 2.68 bits per heavy atom. The molecule has 0 radical (unpaired) electrons. The molecule has 0 spiro atoms. The molecular formula is C19H17ClFN3O. The zero-order valence-corrected chi connectivity index (χ0v) is 14.4. The predicted octanol–water partition coefficient (Wildman–Crippen LogP) is 3.58. The zero-order valence-electron chi connectivity index (χ0n) is 13.6. The van der Waals surface area contributed by atoms with Gasteiger partial charge in [-0.2, -0.15) is 4.99 Å². The van der Waals surface area contributed by atoms with Gasteiger partial charge in [0.1, 0.15) is 5.82 Å². The minimum Gasteiger partial charge on any atom is -0.370 e. The normalized spacial score (nSPS) is 13.0. The highest BCUT2D eigenvalue weighted by atomic mass is 35.5. The highest BCUT2D eigenvalue weighted by molar-refractivity contribution is 6.31. The molecule has 4 N–H and O–H groups in total. The number of nitrogens with zero attached hydrogens (tertiary/aromatic N) is 1. The monoisotopic (exact) mass is 357 g/mol. The van der Waals surface area contributed by atoms with E-state index < -0.39 is 5.91 Å². The fourth-order valence-electron chi connectivity index (χ4n) is 2.95. The maximum absolute atomic E-state index is 14.5. The van der Waals surface area contributed by atoms with Crippen molar-refractivity contribution in [1.82, 2.24) is 0 Å². The molecule has 1 aliphatic rings. The van der Waals surface area contributed by atoms with Crippen LogP contribution in [0.15, 0.2) is 41.4 Å². The van der Waals surface area contributed by atoms with Crippen LogP contribution in [0, 0.1) is 12.7 Å². The highest BCUT2D eigenvalue weighted by Crippen LogP contribution is 2.35. The van der Waals surface area contributed by atoms with Gasteiger partial charge < -0.3 is 11.5 Å². The van der Waals surface area contributed by atoms with Crippen molar-refractivity contribution >= 4 is 29.0 Å². The summed E-state index contributed by atoms with van der Waals surface area (Å²) in [4.78, 5) is 15.6. The molecule has 6 heteroatoms. The molecule has 0 aliphatic heterocycles. The van der Waals surface area contributed by atoms with E-state index in [1.54, 1.807) is 25.1 Å². The largest absolute Gasteiger partial charge is 0.370 e. The summed E-state index contributed by atoms with van der Waals surface area (Å²) >= 11 is 6.18. The van der Waals surface area contributed by atoms with Crippen LogP contribution in [-0.4, -0.2) is 11.9 Å². The second-order valence-electron chi connectivity index (χ2n) is 5.95. The van der Waals surface area contributed by atoms with Gasteiger partial charge in [0.25, 0.3) is 5.91 Å². The highest BCUT2D eigenvalue weighted by Gasteiger charge is 2.20. The molecule has 0 saturated carbocycles. The summed E-state index contributed by atoms with van der Waals surface area (Å²) < 4.78 is 14.5. The number of nitrogens with two attached hydrogens (primary N) is 2. The van der Waals surface area contributed by atoms with E-state index in [9.17, 15) is 9.18 Å². The molecule has 1 amide bonds. The van der Waals surface area contributed by atoms with Crippen molar-refractivity contribution < 1.29 is 9.18 Å². The summed E-state index contributed by atoms with van der Waals surface area (Å²) in [6.45, 7) is 1.75. The number of carbonyl (C=O) groups is 1. The van der Waals surface area contributed by atoms with E-state index in [4.69, 9.17) is 23.1 Å². The van der Waals surface area contributed by atoms with Crippen LogP contribution in [0.25, 0.3) is 5.57 Å². The smallest absolute Gasteiger partial charge is 0.280 e. The van der Waals surface area contributed by atoms with E-state index in [1.165, 1.54) is 6.07 Å². The number of rotatable bonds is 2. The maximum atomic E-state index is 14.5. The molecule has 1 aliphatic carbocycles. The molecule has 128 valence electrons. The summed E-state index contributed by atoms with van der Waals surface area (Å²) in [5, 5.41) is 0.497. The van der Waals surface area contributed by atoms with Crippen LogP contribution in [-0.2, 0) is 6.42 Å². The lowest BCUT2D eigenvalue weighted by molar-refractivity contribution is 0.100. The molecule has 0 saturated heterocycles. The van der Waals surface area contributed by atoms with E-state index in [1.807, 2.05) is 12.1 Å². The summed E-state index contributed by atoms with van der Waals surface area (Å²) in [5.74, 6) is -1.17. The Bertz CT molecular complexity index is 931. The van der Waals surface area contributed by atoms with E-state index in [0.717, 1.165) is 29.5 Å². The van der Waals surface area contributed by atoms with Gasteiger partial charge in [-0.05, 0) is 66.3 Å². The van der Waals surface area contributed by atoms with Gasteiger partial charge in [-0.15, -0.1) is 0 Å². The lowest BCUT2D eigenvalue weighted by Crippen LogP contribution is -2.24. The van der Waals surface area contributed by atoms with Gasteiger partial charge in [0.15, 0.2) is 5.96 Å². The number of amides is 1. The van der Waals surface area contributed by atoms with Crippen molar-refractivity contribution in [1.29, 1.82) is 0 Å². The van der Waals surface area contributed by atoms with E-state index in [0.29, 0.717) is 21.7 Å². The third kappa shape index (κ3) is 3.42. The Morgan fingerprint density at radius 2 is 1.96 bits per heavy atom. The summed E-state index contributed by atoms with van der Waals surface area (Å²) in [7, 11) is 0. The van der Waals surface area contributed by atoms with Crippen molar-refractivity contribution in [2.24, 2.45) is 16.5 Å². The summed E-state index contributed by atoms with van der Waals surface area (Å²) in [6.07, 6.45) is 3.56. The van der Waals surface area contributed by atoms with Crippen LogP contribution in [0.3, 0.4) is 0 Å². The number of aliphatic imine (C=N–C) groups is 1. The van der Waals surface area contributed by atoms with Crippen molar-refractivity contribution in [2.75, 3.05) is 0 Å². The quantitative estimate of drug-likeness (QED) is 0.636. The molecule has 0 atom stereocenters. The Balaban J connectivity index is 2.12. The molecule has 4 nitrogen and oxygen atoms in total. The fourth-order valence-corrected chi connectivity index (χ4v) is 3.11. The molecule has 25 heavy (non-hydrogen) atoms. The molecule has 0 heterocycles. The van der Waals surface area contributed by atoms with Gasteiger partial charge >= 0.3 is 0 Å². The number of carbonyl (C=O) groups excluding carboxylic acids is 1. The topological polar surface area (TPSA) is 81.5 Å². The number of guanidine groups is 1. The van der Waals surface area contributed by atoms with E-state index in [2.05, 4.69) is 4.99 Å². The second kappa shape index (κ2) is 6.69. The van der Waals surface area contributed by atoms with Gasteiger partial charge in [0.2, 0.25) is 0 Å². The standard InChI is InChI=1S/C19H17ClFN3O/c1-10-7-17(21)15(9-16(10)20)13-4-2-3-11-5-6-12(8-14(11)13)18(25)24-19(22)23/h4-9H,2-3H2,1H3,(H4,22,23,24,25). The minimum atomic E-state index is -0.532. The third-order valence-corrected chi connectivity index (χ3v) is 4.59. The molecule has 2 aromatic rings. The molecule has 0 bridgehead atoms. The van der Waals surface area contributed by atoms with Gasteiger partial charge in [-0.25, -0.2) is 4.39 Å². The minimum absolute atomic E-state index is 0.296. The lowest BCUT2D eigenvalue weighted by Gasteiger charge is -2.20. The first kappa shape index (κ1) is 17.2. The Morgan fingerprint density at radius 1 is 1.20 bits per heavy atom. The number of aryl methyl sites for hydroxylation is 2. The summed E-state index contributed by atoms with van der Waals surface area (Å²) in [6, 6.07) is 8.27. The Hall–Kier alpha value is -2.66. The van der Waals surface area contributed by atoms with Crippen LogP contribution in [0.2, 0.25) is 5.02 Å². The van der Waals surface area contributed by atoms with Gasteiger partial charge in [-0.3, -0.25) is 4.79 Å². The van der Waals surface area contributed by atoms with Crippen LogP contribution in [0.4, 0.5) is 4.39 Å². The number of hydrogen-bond donors (Lipinski definition) is 2. The number of allylic oxidation sites excluding steroid dienone is 1. The first-order chi connectivity index (χ1) is 11.9. The van der Waals surface area contributed by atoms with Crippen LogP contribution in [0.5, 0.6) is 0 Å². The molecule has 0 aromatic heterocycles. The number of hydrogen-bond acceptors (Lipinski definition) is 1. The van der Waals surface area contributed by atoms with Crippen molar-refractivity contribution in [3.63, 3.8) is 0 Å². The first-order valence-corrected chi connectivity index (χ1v) is 8.18. The van der Waals surface area contributed by atoms with Crippen LogP contribution >= 0.6 is 11.6 Å². The number of halogens is 2. The fraction of sp³-hybridized carbons (Fsp3) is 0.158. The average Bonchev–Trinajstić information content (AvgIpc) is 2.56. The number of benzene rings is 2. The second-order valence-corrected chi connectivity index (χ2v) is 6.36. The average molecular weight is 358 g/mol. The van der Waals surface area contributed by atoms with E-state index >= 15 is 0 Å². The first-order valence-electron chi connectivity index (χ1n) is 7.80. The van der Waals surface area contributed by atoms with Crippen molar-refractivity contribution in [3.05, 3.63) is 75.1 Å². The SMILES string of the molecule is Cc1cc(F)c(C2=CCCc3ccc(C(=O)N=C(N)N)cc32)cc1Cl. The molecule has 0 fully saturated rings. The Labute approximate surface area is 150 Å².